The number of hydrogen-bond donors (Lipinski definition) is 1. The molecule has 1 N–H and O–H groups in total. The summed E-state index contributed by atoms with van der Waals surface area (Å²) in [6.45, 7) is 3.99. The molecule has 0 spiro atoms. The smallest absolute Gasteiger partial charge is 0.352 e. The molecule has 0 unspecified atom stereocenters. The van der Waals surface area contributed by atoms with Crippen molar-refractivity contribution in [3.8, 4) is 0 Å². The number of aromatic carboxylic acids is 1. The van der Waals surface area contributed by atoms with Gasteiger partial charge in [-0.25, -0.2) is 9.78 Å². The lowest BCUT2D eigenvalue weighted by Gasteiger charge is -2.07. The lowest BCUT2D eigenvalue weighted by Crippen LogP contribution is -2.08. The molecule has 0 amide bonds. The molecule has 4 heteroatoms. The normalized spacial score (nSPS) is 11.1. The number of nitrogens with zero attached hydrogens (tertiary/aromatic N) is 2. The van der Waals surface area contributed by atoms with Crippen LogP contribution in [0.1, 0.15) is 36.1 Å². The predicted octanol–water partition coefficient (Wildman–Crippen LogP) is 2.16. The van der Waals surface area contributed by atoms with Crippen LogP contribution in [0.2, 0.25) is 0 Å². The molecule has 0 radical (unpaired) electrons. The molecular weight excluding hydrogens is 192 g/mol. The molecule has 0 bridgehead atoms. The highest BCUT2D eigenvalue weighted by molar-refractivity contribution is 5.86. The van der Waals surface area contributed by atoms with E-state index in [1.165, 1.54) is 0 Å². The van der Waals surface area contributed by atoms with Crippen molar-refractivity contribution in [2.75, 3.05) is 0 Å². The van der Waals surface area contributed by atoms with Gasteiger partial charge in [0.25, 0.3) is 0 Å². The molecule has 0 fully saturated rings. The summed E-state index contributed by atoms with van der Waals surface area (Å²) in [5, 5.41) is 9.06. The number of hydrogen-bond acceptors (Lipinski definition) is 2. The fourth-order valence-electron chi connectivity index (χ4n) is 1.65. The van der Waals surface area contributed by atoms with Crippen LogP contribution in [-0.4, -0.2) is 20.5 Å². The minimum atomic E-state index is -0.930. The minimum absolute atomic E-state index is 0.202. The lowest BCUT2D eigenvalue weighted by atomic mass is 10.2. The van der Waals surface area contributed by atoms with Crippen LogP contribution in [-0.2, 0) is 0 Å². The second-order valence-corrected chi connectivity index (χ2v) is 3.75. The molecule has 78 valence electrons. The van der Waals surface area contributed by atoms with Crippen LogP contribution in [0.3, 0.4) is 0 Å². The van der Waals surface area contributed by atoms with Crippen molar-refractivity contribution < 1.29 is 9.90 Å². The maximum Gasteiger partial charge on any atom is 0.352 e. The van der Waals surface area contributed by atoms with E-state index in [1.54, 1.807) is 22.7 Å². The summed E-state index contributed by atoms with van der Waals surface area (Å²) in [7, 11) is 0. The van der Waals surface area contributed by atoms with E-state index >= 15 is 0 Å². The fraction of sp³-hybridized carbons (Fsp3) is 0.273. The maximum absolute atomic E-state index is 11.0. The summed E-state index contributed by atoms with van der Waals surface area (Å²) in [6, 6.07) is 5.17. The van der Waals surface area contributed by atoms with Gasteiger partial charge in [0.05, 0.1) is 11.7 Å². The van der Waals surface area contributed by atoms with Gasteiger partial charge in [-0.3, -0.25) is 4.40 Å². The first-order valence-electron chi connectivity index (χ1n) is 4.81. The van der Waals surface area contributed by atoms with Gasteiger partial charge in [0.1, 0.15) is 11.5 Å². The Morgan fingerprint density at radius 3 is 2.80 bits per heavy atom. The topological polar surface area (TPSA) is 54.6 Å². The highest BCUT2D eigenvalue weighted by Gasteiger charge is 2.14. The number of aromatic nitrogens is 2. The Hall–Kier alpha value is -1.84. The van der Waals surface area contributed by atoms with Gasteiger partial charge < -0.3 is 5.11 Å². The molecule has 0 atom stereocenters. The van der Waals surface area contributed by atoms with Crippen molar-refractivity contribution >= 4 is 11.5 Å². The largest absolute Gasteiger partial charge is 0.477 e. The zero-order valence-corrected chi connectivity index (χ0v) is 8.64. The lowest BCUT2D eigenvalue weighted by molar-refractivity contribution is 0.0688. The molecule has 2 heterocycles. The van der Waals surface area contributed by atoms with Gasteiger partial charge in [-0.2, -0.15) is 0 Å². The molecule has 15 heavy (non-hydrogen) atoms. The van der Waals surface area contributed by atoms with Crippen molar-refractivity contribution in [2.45, 2.75) is 19.8 Å². The van der Waals surface area contributed by atoms with E-state index in [2.05, 4.69) is 4.98 Å². The molecule has 0 aliphatic carbocycles. The number of rotatable bonds is 2. The van der Waals surface area contributed by atoms with Crippen LogP contribution in [0.4, 0.5) is 0 Å². The monoisotopic (exact) mass is 204 g/mol. The van der Waals surface area contributed by atoms with Crippen LogP contribution in [0, 0.1) is 0 Å². The van der Waals surface area contributed by atoms with Gasteiger partial charge in [-0.15, -0.1) is 0 Å². The Morgan fingerprint density at radius 1 is 1.47 bits per heavy atom. The molecular formula is C11H12N2O2. The fourth-order valence-corrected chi connectivity index (χ4v) is 1.65. The van der Waals surface area contributed by atoms with E-state index in [0.29, 0.717) is 0 Å². The zero-order valence-electron chi connectivity index (χ0n) is 8.64. The van der Waals surface area contributed by atoms with Gasteiger partial charge in [-0.1, -0.05) is 19.9 Å². The molecule has 0 saturated heterocycles. The maximum atomic E-state index is 11.0. The van der Waals surface area contributed by atoms with Crippen LogP contribution in [0.5, 0.6) is 0 Å². The SMILES string of the molecule is CC(C)c1ncc2cccc(C(=O)O)n12. The minimum Gasteiger partial charge on any atom is -0.477 e. The Labute approximate surface area is 87.2 Å². The second-order valence-electron chi connectivity index (χ2n) is 3.75. The highest BCUT2D eigenvalue weighted by atomic mass is 16.4. The van der Waals surface area contributed by atoms with Gasteiger partial charge in [-0.05, 0) is 12.1 Å². The third-order valence-electron chi connectivity index (χ3n) is 2.31. The Balaban J connectivity index is 2.80. The predicted molar refractivity (Wildman–Crippen MR) is 56.2 cm³/mol. The molecule has 4 nitrogen and oxygen atoms in total. The number of carbonyl (C=O) groups is 1. The highest BCUT2D eigenvalue weighted by Crippen LogP contribution is 2.17. The Morgan fingerprint density at radius 2 is 2.20 bits per heavy atom. The number of pyridine rings is 1. The van der Waals surface area contributed by atoms with Crippen LogP contribution in [0.25, 0.3) is 5.52 Å². The van der Waals surface area contributed by atoms with Crippen LogP contribution < -0.4 is 0 Å². The van der Waals surface area contributed by atoms with E-state index in [-0.39, 0.29) is 11.6 Å². The van der Waals surface area contributed by atoms with Crippen LogP contribution >= 0.6 is 0 Å². The third kappa shape index (κ3) is 1.48. The average molecular weight is 204 g/mol. The average Bonchev–Trinajstić information content (AvgIpc) is 2.60. The molecule has 0 aliphatic rings. The van der Waals surface area contributed by atoms with Crippen molar-refractivity contribution in [1.82, 2.24) is 9.38 Å². The van der Waals surface area contributed by atoms with E-state index in [1.807, 2.05) is 19.9 Å². The summed E-state index contributed by atoms with van der Waals surface area (Å²) in [6.07, 6.45) is 1.70. The molecule has 0 aromatic carbocycles. The quantitative estimate of drug-likeness (QED) is 0.815. The molecule has 2 aromatic heterocycles. The Kier molecular flexibility index (Phi) is 2.19. The van der Waals surface area contributed by atoms with Crippen LogP contribution in [0.15, 0.2) is 24.4 Å². The van der Waals surface area contributed by atoms with Gasteiger partial charge >= 0.3 is 5.97 Å². The van der Waals surface area contributed by atoms with Gasteiger partial charge in [0.2, 0.25) is 0 Å². The van der Waals surface area contributed by atoms with Crippen molar-refractivity contribution in [3.05, 3.63) is 35.9 Å². The van der Waals surface area contributed by atoms with E-state index in [0.717, 1.165) is 11.3 Å². The summed E-state index contributed by atoms with van der Waals surface area (Å²) in [5.74, 6) is 0.0523. The number of imidazole rings is 1. The van der Waals surface area contributed by atoms with E-state index < -0.39 is 5.97 Å². The van der Waals surface area contributed by atoms with Gasteiger partial charge in [0, 0.05) is 5.92 Å². The first kappa shape index (κ1) is 9.71. The first-order chi connectivity index (χ1) is 7.11. The third-order valence-corrected chi connectivity index (χ3v) is 2.31. The molecule has 2 rings (SSSR count). The number of fused-ring (bicyclic) bond motifs is 1. The zero-order chi connectivity index (χ0) is 11.0. The van der Waals surface area contributed by atoms with Gasteiger partial charge in [0.15, 0.2) is 0 Å². The molecule has 0 saturated carbocycles. The summed E-state index contributed by atoms with van der Waals surface area (Å²) in [5.41, 5.74) is 1.08. The summed E-state index contributed by atoms with van der Waals surface area (Å²) >= 11 is 0. The van der Waals surface area contributed by atoms with E-state index in [9.17, 15) is 4.79 Å². The number of carboxylic acids is 1. The van der Waals surface area contributed by atoms with Crippen molar-refractivity contribution in [3.63, 3.8) is 0 Å². The number of carboxylic acid groups (broad SMARTS) is 1. The molecule has 2 aromatic rings. The summed E-state index contributed by atoms with van der Waals surface area (Å²) < 4.78 is 1.69. The summed E-state index contributed by atoms with van der Waals surface area (Å²) in [4.78, 5) is 15.3. The van der Waals surface area contributed by atoms with Crippen molar-refractivity contribution in [1.29, 1.82) is 0 Å². The second kappa shape index (κ2) is 3.38. The van der Waals surface area contributed by atoms with E-state index in [4.69, 9.17) is 5.11 Å². The first-order valence-corrected chi connectivity index (χ1v) is 4.81. The van der Waals surface area contributed by atoms with Crippen molar-refractivity contribution in [2.24, 2.45) is 0 Å². The Bertz CT molecular complexity index is 514. The molecule has 0 aliphatic heterocycles. The standard InChI is InChI=1S/C11H12N2O2/c1-7(2)10-12-6-8-4-3-5-9(11(14)15)13(8)10/h3-7H,1-2H3,(H,14,15).